The minimum absolute atomic E-state index is 0.445. The molecule has 0 spiro atoms. The molecule has 8 aromatic rings. The second-order valence-electron chi connectivity index (χ2n) is 13.6. The molecule has 0 bridgehead atoms. The molecule has 0 N–H and O–H groups in total. The number of fused-ring (bicyclic) bond motifs is 3. The van der Waals surface area contributed by atoms with Crippen molar-refractivity contribution in [2.24, 2.45) is 0 Å². The van der Waals surface area contributed by atoms with Gasteiger partial charge in [0.1, 0.15) is 0 Å². The fraction of sp³-hybridized carbons (Fsp3) is 0.109. The van der Waals surface area contributed by atoms with E-state index < -0.39 is 28.9 Å². The minimum atomic E-state index is -5.73. The first-order chi connectivity index (χ1) is 25.8. The van der Waals surface area contributed by atoms with Crippen LogP contribution >= 0.6 is 0 Å². The van der Waals surface area contributed by atoms with Crippen molar-refractivity contribution in [2.75, 3.05) is 0 Å². The molecule has 0 saturated carbocycles. The highest BCUT2D eigenvalue weighted by molar-refractivity contribution is 6.09. The molecular weight excluding hydrogens is 695 g/mol. The molecule has 0 unspecified atom stereocenters. The van der Waals surface area contributed by atoms with Crippen LogP contribution < -0.4 is 0 Å². The summed E-state index contributed by atoms with van der Waals surface area (Å²) in [6, 6.07) is 43.2. The highest BCUT2D eigenvalue weighted by atomic mass is 19.4. The molecule has 0 amide bonds. The van der Waals surface area contributed by atoms with Crippen molar-refractivity contribution in [2.45, 2.75) is 31.6 Å². The van der Waals surface area contributed by atoms with Gasteiger partial charge in [0, 0.05) is 27.6 Å². The van der Waals surface area contributed by atoms with Gasteiger partial charge in [-0.15, -0.1) is 0 Å². The van der Waals surface area contributed by atoms with Crippen LogP contribution in [0.5, 0.6) is 0 Å². The van der Waals surface area contributed by atoms with Crippen LogP contribution in [0.4, 0.5) is 26.3 Å². The third kappa shape index (κ3) is 5.82. The number of nitrogens with zero attached hydrogens (tertiary/aromatic N) is 2. The third-order valence-electron chi connectivity index (χ3n) is 10.1. The average molecular weight is 727 g/mol. The molecule has 0 aliphatic rings. The van der Waals surface area contributed by atoms with E-state index in [1.165, 1.54) is 24.3 Å². The Hall–Kier alpha value is -6.15. The number of benzene rings is 6. The maximum Gasteiger partial charge on any atom is 0.411 e. The van der Waals surface area contributed by atoms with Crippen LogP contribution in [-0.4, -0.2) is 21.9 Å². The third-order valence-corrected chi connectivity index (χ3v) is 10.1. The SMILES string of the molecule is Cc1ccc2c(c1)c1cc(C)ccc1n2-c1ccc(C(c2ccc(-c3cc(-c4ccccc4)nc(-c4ccccc4)c3)cc2)(C(F)(F)F)C(F)(F)F)cc1. The molecule has 6 aromatic carbocycles. The smallest absolute Gasteiger partial charge is 0.309 e. The summed E-state index contributed by atoms with van der Waals surface area (Å²) in [5.74, 6) is 0. The fourth-order valence-electron chi connectivity index (χ4n) is 7.50. The number of hydrogen-bond donors (Lipinski definition) is 0. The van der Waals surface area contributed by atoms with E-state index in [1.54, 1.807) is 12.1 Å². The van der Waals surface area contributed by atoms with Crippen LogP contribution in [0.25, 0.3) is 61.1 Å². The Labute approximate surface area is 308 Å². The van der Waals surface area contributed by atoms with E-state index in [2.05, 4.69) is 0 Å². The van der Waals surface area contributed by atoms with Gasteiger partial charge in [0.2, 0.25) is 5.41 Å². The van der Waals surface area contributed by atoms with Crippen LogP contribution in [0.2, 0.25) is 0 Å². The predicted octanol–water partition coefficient (Wildman–Crippen LogP) is 13.2. The number of aromatic nitrogens is 2. The number of alkyl halides is 6. The summed E-state index contributed by atoms with van der Waals surface area (Å²) in [6.07, 6.45) is -11.5. The molecule has 2 aromatic heterocycles. The van der Waals surface area contributed by atoms with Crippen molar-refractivity contribution >= 4 is 21.8 Å². The molecule has 0 aliphatic heterocycles. The largest absolute Gasteiger partial charge is 0.411 e. The Balaban J connectivity index is 1.25. The lowest BCUT2D eigenvalue weighted by molar-refractivity contribution is -0.288. The minimum Gasteiger partial charge on any atom is -0.309 e. The molecule has 268 valence electrons. The Morgan fingerprint density at radius 2 is 0.852 bits per heavy atom. The zero-order valence-electron chi connectivity index (χ0n) is 29.2. The van der Waals surface area contributed by atoms with Gasteiger partial charge in [-0.2, -0.15) is 26.3 Å². The first-order valence-electron chi connectivity index (χ1n) is 17.3. The van der Waals surface area contributed by atoms with Crippen molar-refractivity contribution in [1.29, 1.82) is 0 Å². The zero-order chi connectivity index (χ0) is 37.8. The van der Waals surface area contributed by atoms with Gasteiger partial charge in [-0.25, -0.2) is 4.98 Å². The van der Waals surface area contributed by atoms with Gasteiger partial charge in [0.25, 0.3) is 0 Å². The number of aryl methyl sites for hydroxylation is 2. The normalized spacial score (nSPS) is 12.4. The van der Waals surface area contributed by atoms with Crippen LogP contribution in [0, 0.1) is 13.8 Å². The summed E-state index contributed by atoms with van der Waals surface area (Å²) in [6.45, 7) is 3.93. The number of rotatable bonds is 6. The molecule has 2 nitrogen and oxygen atoms in total. The molecule has 0 saturated heterocycles. The van der Waals surface area contributed by atoms with E-state index in [0.29, 0.717) is 28.2 Å². The first-order valence-corrected chi connectivity index (χ1v) is 17.3. The van der Waals surface area contributed by atoms with Crippen LogP contribution in [0.1, 0.15) is 22.3 Å². The molecular formula is C46H32F6N2. The standard InChI is InChI=1S/C46H32F6N2/c1-29-13-23-42-38(25-29)39-26-30(2)14-24-43(39)54(42)37-21-19-36(20-22-37)44(45(47,48)49,46(50,51)52)35-17-15-31(16-18-35)34-27-40(32-9-5-3-6-10-32)53-41(28-34)33-11-7-4-8-12-33/h3-28H,1-2H3. The van der Waals surface area contributed by atoms with E-state index in [1.807, 2.05) is 115 Å². The Morgan fingerprint density at radius 1 is 0.426 bits per heavy atom. The maximum atomic E-state index is 15.3. The second kappa shape index (κ2) is 13.1. The fourth-order valence-corrected chi connectivity index (χ4v) is 7.50. The molecule has 2 heterocycles. The van der Waals surface area contributed by atoms with Crippen molar-refractivity contribution < 1.29 is 26.3 Å². The number of halogens is 6. The Bertz CT molecular complexity index is 2490. The molecule has 0 atom stereocenters. The molecule has 0 fully saturated rings. The Kier molecular flexibility index (Phi) is 8.44. The molecule has 54 heavy (non-hydrogen) atoms. The summed E-state index contributed by atoms with van der Waals surface area (Å²) in [7, 11) is 0. The maximum absolute atomic E-state index is 15.3. The van der Waals surface area contributed by atoms with Crippen molar-refractivity contribution in [3.8, 4) is 39.3 Å². The Morgan fingerprint density at radius 3 is 1.28 bits per heavy atom. The molecule has 8 rings (SSSR count). The van der Waals surface area contributed by atoms with Gasteiger partial charge >= 0.3 is 12.4 Å². The van der Waals surface area contributed by atoms with Gasteiger partial charge in [-0.1, -0.05) is 120 Å². The summed E-state index contributed by atoms with van der Waals surface area (Å²) >= 11 is 0. The molecule has 8 heteroatoms. The highest BCUT2D eigenvalue weighted by Crippen LogP contribution is 2.56. The van der Waals surface area contributed by atoms with Gasteiger partial charge in [-0.05, 0) is 84.6 Å². The highest BCUT2D eigenvalue weighted by Gasteiger charge is 2.72. The van der Waals surface area contributed by atoms with E-state index in [9.17, 15) is 0 Å². The van der Waals surface area contributed by atoms with Gasteiger partial charge < -0.3 is 4.57 Å². The first kappa shape index (κ1) is 34.9. The summed E-state index contributed by atoms with van der Waals surface area (Å²) in [5, 5.41) is 1.89. The van der Waals surface area contributed by atoms with Crippen LogP contribution in [0.3, 0.4) is 0 Å². The van der Waals surface area contributed by atoms with Crippen molar-refractivity contribution in [3.05, 3.63) is 180 Å². The molecule has 0 aliphatic carbocycles. The van der Waals surface area contributed by atoms with Gasteiger partial charge in [0.05, 0.1) is 22.4 Å². The zero-order valence-corrected chi connectivity index (χ0v) is 29.2. The number of pyridine rings is 1. The molecule has 0 radical (unpaired) electrons. The second-order valence-corrected chi connectivity index (χ2v) is 13.6. The summed E-state index contributed by atoms with van der Waals surface area (Å²) < 4.78 is 93.5. The van der Waals surface area contributed by atoms with E-state index >= 15 is 26.3 Å². The lowest BCUT2D eigenvalue weighted by atomic mass is 9.72. The summed E-state index contributed by atoms with van der Waals surface area (Å²) in [4.78, 5) is 4.83. The van der Waals surface area contributed by atoms with E-state index in [-0.39, 0.29) is 0 Å². The monoisotopic (exact) mass is 726 g/mol. The average Bonchev–Trinajstić information content (AvgIpc) is 3.47. The topological polar surface area (TPSA) is 17.8 Å². The van der Waals surface area contributed by atoms with Crippen LogP contribution in [-0.2, 0) is 5.41 Å². The summed E-state index contributed by atoms with van der Waals surface area (Å²) in [5.41, 5.74) is 1.85. The van der Waals surface area contributed by atoms with Gasteiger partial charge in [-0.3, -0.25) is 0 Å². The number of hydrogen-bond acceptors (Lipinski definition) is 1. The van der Waals surface area contributed by atoms with Crippen molar-refractivity contribution in [3.63, 3.8) is 0 Å². The quantitative estimate of drug-likeness (QED) is 0.156. The predicted molar refractivity (Wildman–Crippen MR) is 204 cm³/mol. The van der Waals surface area contributed by atoms with Gasteiger partial charge in [0.15, 0.2) is 0 Å². The van der Waals surface area contributed by atoms with Crippen molar-refractivity contribution in [1.82, 2.24) is 9.55 Å². The van der Waals surface area contributed by atoms with E-state index in [4.69, 9.17) is 4.98 Å². The lowest BCUT2D eigenvalue weighted by Crippen LogP contribution is -2.54. The van der Waals surface area contributed by atoms with Crippen LogP contribution in [0.15, 0.2) is 158 Å². The van der Waals surface area contributed by atoms with E-state index in [0.717, 1.165) is 68.3 Å². The lowest BCUT2D eigenvalue weighted by Gasteiger charge is -2.38.